The van der Waals surface area contributed by atoms with Crippen LogP contribution in [-0.4, -0.2) is 41.4 Å². The number of thioether (sulfide) groups is 1. The molecule has 1 aliphatic rings. The van der Waals surface area contributed by atoms with E-state index in [9.17, 15) is 8.42 Å². The highest BCUT2D eigenvalue weighted by Crippen LogP contribution is 2.25. The van der Waals surface area contributed by atoms with Gasteiger partial charge in [0, 0.05) is 49.6 Å². The van der Waals surface area contributed by atoms with Crippen LogP contribution < -0.4 is 5.73 Å². The number of aryl methyl sites for hydroxylation is 1. The summed E-state index contributed by atoms with van der Waals surface area (Å²) in [5, 5.41) is 0. The van der Waals surface area contributed by atoms with Gasteiger partial charge in [0.15, 0.2) is 0 Å². The fourth-order valence-corrected chi connectivity index (χ4v) is 5.08. The van der Waals surface area contributed by atoms with Crippen molar-refractivity contribution in [3.63, 3.8) is 0 Å². The van der Waals surface area contributed by atoms with Gasteiger partial charge in [-0.25, -0.2) is 8.42 Å². The Morgan fingerprint density at radius 1 is 1.56 bits per heavy atom. The maximum atomic E-state index is 12.5. The molecule has 2 rings (SSSR count). The number of nitrogens with two attached hydrogens (primary N) is 1. The lowest BCUT2D eigenvalue weighted by Gasteiger charge is -2.31. The first-order chi connectivity index (χ1) is 8.46. The molecule has 0 bridgehead atoms. The zero-order chi connectivity index (χ0) is 13.3. The quantitative estimate of drug-likeness (QED) is 0.885. The van der Waals surface area contributed by atoms with Gasteiger partial charge >= 0.3 is 0 Å². The van der Waals surface area contributed by atoms with Crippen LogP contribution in [0.3, 0.4) is 0 Å². The number of nitrogens with zero attached hydrogens (tertiary/aromatic N) is 2. The highest BCUT2D eigenvalue weighted by molar-refractivity contribution is 7.99. The number of sulfonamides is 1. The molecule has 1 atom stereocenters. The average molecular weight is 289 g/mol. The first kappa shape index (κ1) is 13.9. The van der Waals surface area contributed by atoms with Crippen LogP contribution in [0.4, 0.5) is 0 Å². The van der Waals surface area contributed by atoms with Crippen molar-refractivity contribution < 1.29 is 8.42 Å². The largest absolute Gasteiger partial charge is 0.352 e. The summed E-state index contributed by atoms with van der Waals surface area (Å²) in [4.78, 5) is 0.351. The Labute approximate surface area is 112 Å². The zero-order valence-corrected chi connectivity index (χ0v) is 12.3. The summed E-state index contributed by atoms with van der Waals surface area (Å²) in [5.41, 5.74) is 6.41. The summed E-state index contributed by atoms with van der Waals surface area (Å²) in [6.07, 6.45) is 1.64. The third-order valence-corrected chi connectivity index (χ3v) is 6.37. The first-order valence-electron chi connectivity index (χ1n) is 5.91. The van der Waals surface area contributed by atoms with E-state index in [1.54, 1.807) is 32.9 Å². The smallest absolute Gasteiger partial charge is 0.244 e. The molecule has 1 fully saturated rings. The van der Waals surface area contributed by atoms with Gasteiger partial charge in [-0.2, -0.15) is 16.1 Å². The van der Waals surface area contributed by atoms with Crippen LogP contribution in [0.25, 0.3) is 0 Å². The summed E-state index contributed by atoms with van der Waals surface area (Å²) in [6.45, 7) is 2.88. The topological polar surface area (TPSA) is 68.3 Å². The van der Waals surface area contributed by atoms with Crippen molar-refractivity contribution in [2.24, 2.45) is 12.8 Å². The van der Waals surface area contributed by atoms with Gasteiger partial charge in [0.1, 0.15) is 4.90 Å². The molecule has 5 nitrogen and oxygen atoms in total. The Hall–Kier alpha value is -0.500. The van der Waals surface area contributed by atoms with Crippen LogP contribution in [0.1, 0.15) is 12.6 Å². The highest BCUT2D eigenvalue weighted by atomic mass is 32.2. The minimum absolute atomic E-state index is 0.0512. The lowest BCUT2D eigenvalue weighted by atomic mass is 10.4. The minimum Gasteiger partial charge on any atom is -0.352 e. The van der Waals surface area contributed by atoms with Crippen molar-refractivity contribution in [3.8, 4) is 0 Å². The van der Waals surface area contributed by atoms with Gasteiger partial charge in [-0.05, 0) is 13.0 Å². The number of hydrogen-bond acceptors (Lipinski definition) is 4. The van der Waals surface area contributed by atoms with E-state index in [2.05, 4.69) is 0 Å². The van der Waals surface area contributed by atoms with Gasteiger partial charge in [0.05, 0.1) is 0 Å². The molecule has 102 valence electrons. The molecule has 18 heavy (non-hydrogen) atoms. The summed E-state index contributed by atoms with van der Waals surface area (Å²) in [5.74, 6) is 1.72. The molecular weight excluding hydrogens is 270 g/mol. The Balaban J connectivity index is 2.34. The molecule has 1 unspecified atom stereocenters. The maximum Gasteiger partial charge on any atom is 0.244 e. The normalized spacial score (nSPS) is 22.3. The average Bonchev–Trinajstić information content (AvgIpc) is 2.71. The molecule has 0 spiro atoms. The SMILES string of the molecule is CC1CSCCN1S(=O)(=O)c1cc(CN)n(C)c1. The van der Waals surface area contributed by atoms with E-state index >= 15 is 0 Å². The van der Waals surface area contributed by atoms with Gasteiger partial charge in [-0.3, -0.25) is 0 Å². The molecule has 0 amide bonds. The van der Waals surface area contributed by atoms with E-state index in [0.29, 0.717) is 18.0 Å². The van der Waals surface area contributed by atoms with Gasteiger partial charge in [-0.1, -0.05) is 0 Å². The third kappa shape index (κ3) is 2.45. The Morgan fingerprint density at radius 2 is 2.28 bits per heavy atom. The van der Waals surface area contributed by atoms with E-state index in [4.69, 9.17) is 5.73 Å². The van der Waals surface area contributed by atoms with E-state index in [0.717, 1.165) is 17.2 Å². The van der Waals surface area contributed by atoms with Crippen LogP contribution in [-0.2, 0) is 23.6 Å². The Morgan fingerprint density at radius 3 is 2.83 bits per heavy atom. The summed E-state index contributed by atoms with van der Waals surface area (Å²) < 4.78 is 28.5. The molecule has 0 saturated carbocycles. The number of hydrogen-bond donors (Lipinski definition) is 1. The fraction of sp³-hybridized carbons (Fsp3) is 0.636. The first-order valence-corrected chi connectivity index (χ1v) is 8.51. The molecule has 0 aliphatic carbocycles. The number of rotatable bonds is 3. The van der Waals surface area contributed by atoms with E-state index < -0.39 is 10.0 Å². The molecule has 1 aliphatic heterocycles. The van der Waals surface area contributed by atoms with E-state index in [1.165, 1.54) is 0 Å². The monoisotopic (exact) mass is 289 g/mol. The molecule has 1 saturated heterocycles. The van der Waals surface area contributed by atoms with Crippen molar-refractivity contribution in [1.82, 2.24) is 8.87 Å². The molecule has 2 heterocycles. The van der Waals surface area contributed by atoms with Crippen molar-refractivity contribution in [3.05, 3.63) is 18.0 Å². The molecule has 1 aromatic rings. The van der Waals surface area contributed by atoms with Crippen LogP contribution in [0, 0.1) is 0 Å². The van der Waals surface area contributed by atoms with Crippen LogP contribution >= 0.6 is 11.8 Å². The highest BCUT2D eigenvalue weighted by Gasteiger charge is 2.32. The van der Waals surface area contributed by atoms with Crippen LogP contribution in [0.5, 0.6) is 0 Å². The molecule has 7 heteroatoms. The Kier molecular flexibility index (Phi) is 4.05. The second-order valence-electron chi connectivity index (χ2n) is 4.52. The zero-order valence-electron chi connectivity index (χ0n) is 10.7. The number of aromatic nitrogens is 1. The molecule has 0 radical (unpaired) electrons. The van der Waals surface area contributed by atoms with Crippen molar-refractivity contribution in [1.29, 1.82) is 0 Å². The van der Waals surface area contributed by atoms with Crippen LogP contribution in [0.15, 0.2) is 17.2 Å². The molecule has 1 aromatic heterocycles. The van der Waals surface area contributed by atoms with Gasteiger partial charge in [0.2, 0.25) is 10.0 Å². The maximum absolute atomic E-state index is 12.5. The fourth-order valence-electron chi connectivity index (χ4n) is 2.13. The Bertz CT molecular complexity index is 524. The standard InChI is InChI=1S/C11H19N3O2S2/c1-9-8-17-4-3-14(9)18(15,16)11-5-10(6-12)13(2)7-11/h5,7,9H,3-4,6,8,12H2,1-2H3. The second-order valence-corrected chi connectivity index (χ2v) is 7.56. The molecular formula is C11H19N3O2S2. The molecule has 2 N–H and O–H groups in total. The van der Waals surface area contributed by atoms with E-state index in [1.807, 2.05) is 14.0 Å². The van der Waals surface area contributed by atoms with E-state index in [-0.39, 0.29) is 6.04 Å². The lowest BCUT2D eigenvalue weighted by molar-refractivity contribution is 0.367. The second kappa shape index (κ2) is 5.24. The van der Waals surface area contributed by atoms with Crippen molar-refractivity contribution in [2.45, 2.75) is 24.4 Å². The predicted molar refractivity (Wildman–Crippen MR) is 74.0 cm³/mol. The van der Waals surface area contributed by atoms with Gasteiger partial charge in [-0.15, -0.1) is 0 Å². The van der Waals surface area contributed by atoms with Crippen molar-refractivity contribution in [2.75, 3.05) is 18.1 Å². The van der Waals surface area contributed by atoms with Gasteiger partial charge in [0.25, 0.3) is 0 Å². The predicted octanol–water partition coefficient (Wildman–Crippen LogP) is 0.610. The van der Waals surface area contributed by atoms with Gasteiger partial charge < -0.3 is 10.3 Å². The third-order valence-electron chi connectivity index (χ3n) is 3.21. The molecule has 0 aromatic carbocycles. The van der Waals surface area contributed by atoms with Crippen LogP contribution in [0.2, 0.25) is 0 Å². The lowest BCUT2D eigenvalue weighted by Crippen LogP contribution is -2.44. The summed E-state index contributed by atoms with van der Waals surface area (Å²) in [7, 11) is -1.56. The van der Waals surface area contributed by atoms with Crippen molar-refractivity contribution >= 4 is 21.8 Å². The summed E-state index contributed by atoms with van der Waals surface area (Å²) >= 11 is 1.80. The summed E-state index contributed by atoms with van der Waals surface area (Å²) in [6, 6.07) is 1.72. The minimum atomic E-state index is -3.38.